The van der Waals surface area contributed by atoms with Crippen molar-refractivity contribution in [3.05, 3.63) is 60.7 Å². The van der Waals surface area contributed by atoms with E-state index in [9.17, 15) is 5.11 Å². The van der Waals surface area contributed by atoms with E-state index in [-0.39, 0.29) is 17.2 Å². The first-order valence-corrected chi connectivity index (χ1v) is 13.0. The topological polar surface area (TPSA) is 32.7 Å². The average Bonchev–Trinajstić information content (AvgIpc) is 3.29. The van der Waals surface area contributed by atoms with Gasteiger partial charge in [0.1, 0.15) is 0 Å². The highest BCUT2D eigenvalue weighted by molar-refractivity contribution is 6.99. The average molecular weight is 410 g/mol. The molecule has 0 radical (unpaired) electrons. The van der Waals surface area contributed by atoms with Gasteiger partial charge in [0.25, 0.3) is 8.32 Å². The lowest BCUT2D eigenvalue weighted by atomic mass is 9.95. The summed E-state index contributed by atoms with van der Waals surface area (Å²) in [5.74, 6) is 0. The van der Waals surface area contributed by atoms with Gasteiger partial charge in [0.15, 0.2) is 0 Å². The molecule has 4 heteroatoms. The predicted octanol–water partition coefficient (Wildman–Crippen LogP) is 3.55. The summed E-state index contributed by atoms with van der Waals surface area (Å²) in [5.41, 5.74) is 0.0134. The Kier molecular flexibility index (Phi) is 5.73. The maximum absolute atomic E-state index is 10.1. The molecule has 0 saturated carbocycles. The van der Waals surface area contributed by atoms with Gasteiger partial charge in [-0.05, 0) is 47.6 Å². The van der Waals surface area contributed by atoms with Crippen molar-refractivity contribution < 1.29 is 9.53 Å². The molecule has 0 bridgehead atoms. The van der Waals surface area contributed by atoms with E-state index < -0.39 is 8.32 Å². The summed E-state index contributed by atoms with van der Waals surface area (Å²) in [7, 11) is -2.48. The van der Waals surface area contributed by atoms with E-state index in [1.54, 1.807) is 0 Å². The van der Waals surface area contributed by atoms with Gasteiger partial charge in [0, 0.05) is 11.6 Å². The number of benzene rings is 2. The van der Waals surface area contributed by atoms with Crippen LogP contribution in [-0.2, 0) is 4.43 Å². The molecule has 3 nitrogen and oxygen atoms in total. The third-order valence-electron chi connectivity index (χ3n) is 7.24. The molecule has 2 heterocycles. The summed E-state index contributed by atoms with van der Waals surface area (Å²) < 4.78 is 7.16. The van der Waals surface area contributed by atoms with Gasteiger partial charge >= 0.3 is 0 Å². The van der Waals surface area contributed by atoms with Crippen LogP contribution in [0.1, 0.15) is 46.5 Å². The van der Waals surface area contributed by atoms with Gasteiger partial charge in [-0.25, -0.2) is 0 Å². The zero-order chi connectivity index (χ0) is 20.5. The summed E-state index contributed by atoms with van der Waals surface area (Å²) in [6, 6.07) is 22.2. The summed E-state index contributed by atoms with van der Waals surface area (Å²) >= 11 is 0. The highest BCUT2D eigenvalue weighted by atomic mass is 28.4. The van der Waals surface area contributed by atoms with E-state index in [4.69, 9.17) is 4.43 Å². The molecule has 156 valence electrons. The van der Waals surface area contributed by atoms with Crippen molar-refractivity contribution in [3.8, 4) is 0 Å². The Morgan fingerprint density at radius 1 is 1.00 bits per heavy atom. The minimum atomic E-state index is -2.48. The second kappa shape index (κ2) is 7.99. The van der Waals surface area contributed by atoms with Crippen LogP contribution < -0.4 is 10.4 Å². The monoisotopic (exact) mass is 409 g/mol. The Bertz CT molecular complexity index is 765. The molecule has 2 fully saturated rings. The summed E-state index contributed by atoms with van der Waals surface area (Å²) in [5, 5.41) is 12.8. The maximum atomic E-state index is 10.1. The second-order valence-electron chi connectivity index (χ2n) is 9.85. The van der Waals surface area contributed by atoms with Crippen LogP contribution in [0.3, 0.4) is 0 Å². The SMILES string of the molecule is CC(C)(C)[Si](OC[C@H]1CC[C@@]2(CO)CCCN12)(c1ccccc1)c1ccccc1. The van der Waals surface area contributed by atoms with Gasteiger partial charge in [-0.15, -0.1) is 0 Å². The number of nitrogens with zero attached hydrogens (tertiary/aromatic N) is 1. The summed E-state index contributed by atoms with van der Waals surface area (Å²) in [6.45, 7) is 9.12. The Balaban J connectivity index is 1.70. The van der Waals surface area contributed by atoms with E-state index in [0.29, 0.717) is 6.04 Å². The van der Waals surface area contributed by atoms with Crippen LogP contribution in [0.15, 0.2) is 60.7 Å². The largest absolute Gasteiger partial charge is 0.406 e. The molecule has 2 aromatic carbocycles. The molecule has 2 aliphatic rings. The normalized spacial score (nSPS) is 25.3. The Morgan fingerprint density at radius 2 is 1.59 bits per heavy atom. The zero-order valence-corrected chi connectivity index (χ0v) is 19.1. The molecular weight excluding hydrogens is 374 g/mol. The fourth-order valence-electron chi connectivity index (χ4n) is 5.79. The molecule has 29 heavy (non-hydrogen) atoms. The molecule has 2 saturated heterocycles. The van der Waals surface area contributed by atoms with E-state index >= 15 is 0 Å². The van der Waals surface area contributed by atoms with Crippen molar-refractivity contribution in [2.45, 2.75) is 63.1 Å². The number of hydrogen-bond donors (Lipinski definition) is 1. The first kappa shape index (κ1) is 20.8. The third-order valence-corrected chi connectivity index (χ3v) is 12.2. The van der Waals surface area contributed by atoms with Crippen molar-refractivity contribution in [3.63, 3.8) is 0 Å². The van der Waals surface area contributed by atoms with Crippen LogP contribution in [0.2, 0.25) is 5.04 Å². The van der Waals surface area contributed by atoms with E-state index in [0.717, 1.165) is 32.4 Å². The number of hydrogen-bond acceptors (Lipinski definition) is 3. The number of fused-ring (bicyclic) bond motifs is 1. The fraction of sp³-hybridized carbons (Fsp3) is 0.520. The smallest absolute Gasteiger partial charge is 0.261 e. The number of aliphatic hydroxyl groups is 1. The molecule has 0 amide bonds. The molecule has 1 N–H and O–H groups in total. The quantitative estimate of drug-likeness (QED) is 0.741. The molecule has 0 spiro atoms. The van der Waals surface area contributed by atoms with Crippen LogP contribution in [-0.4, -0.2) is 49.7 Å². The Labute approximate surface area is 176 Å². The predicted molar refractivity (Wildman–Crippen MR) is 122 cm³/mol. The molecule has 2 aliphatic heterocycles. The van der Waals surface area contributed by atoms with Crippen LogP contribution in [0.4, 0.5) is 0 Å². The van der Waals surface area contributed by atoms with Crippen LogP contribution in [0.25, 0.3) is 0 Å². The van der Waals surface area contributed by atoms with E-state index in [1.165, 1.54) is 16.8 Å². The fourth-order valence-corrected chi connectivity index (χ4v) is 10.4. The first-order chi connectivity index (χ1) is 13.9. The Morgan fingerprint density at radius 3 is 2.10 bits per heavy atom. The summed E-state index contributed by atoms with van der Waals surface area (Å²) in [6.07, 6.45) is 4.53. The van der Waals surface area contributed by atoms with Gasteiger partial charge in [-0.3, -0.25) is 4.90 Å². The minimum absolute atomic E-state index is 0.00733. The Hall–Kier alpha value is -1.46. The lowest BCUT2D eigenvalue weighted by Crippen LogP contribution is -2.67. The standard InChI is InChI=1S/C25H35NO2Si/c1-24(2,3)29(22-11-6-4-7-12-22,23-13-8-5-9-14-23)28-19-21-15-17-25(20-27)16-10-18-26(21)25/h4-9,11-14,21,27H,10,15-20H2,1-3H3/t21-,25-/m1/s1. The van der Waals surface area contributed by atoms with Crippen LogP contribution in [0, 0.1) is 0 Å². The van der Waals surface area contributed by atoms with Gasteiger partial charge < -0.3 is 9.53 Å². The number of aliphatic hydroxyl groups excluding tert-OH is 1. The molecular formula is C25H35NO2Si. The van der Waals surface area contributed by atoms with Gasteiger partial charge in [-0.2, -0.15) is 0 Å². The van der Waals surface area contributed by atoms with Crippen LogP contribution >= 0.6 is 0 Å². The molecule has 0 unspecified atom stereocenters. The van der Waals surface area contributed by atoms with Gasteiger partial charge in [0.05, 0.1) is 13.2 Å². The summed E-state index contributed by atoms with van der Waals surface area (Å²) in [4.78, 5) is 2.56. The second-order valence-corrected chi connectivity index (χ2v) is 14.2. The molecule has 4 rings (SSSR count). The van der Waals surface area contributed by atoms with E-state index in [1.807, 2.05) is 0 Å². The minimum Gasteiger partial charge on any atom is -0.406 e. The lowest BCUT2D eigenvalue weighted by molar-refractivity contribution is 0.0614. The van der Waals surface area contributed by atoms with Crippen molar-refractivity contribution in [2.75, 3.05) is 19.8 Å². The van der Waals surface area contributed by atoms with Crippen LogP contribution in [0.5, 0.6) is 0 Å². The molecule has 0 aliphatic carbocycles. The maximum Gasteiger partial charge on any atom is 0.261 e. The van der Waals surface area contributed by atoms with Crippen molar-refractivity contribution >= 4 is 18.7 Å². The molecule has 0 aromatic heterocycles. The molecule has 2 atom stereocenters. The zero-order valence-electron chi connectivity index (χ0n) is 18.1. The molecule has 2 aromatic rings. The van der Waals surface area contributed by atoms with Crippen molar-refractivity contribution in [2.24, 2.45) is 0 Å². The lowest BCUT2D eigenvalue weighted by Gasteiger charge is -2.44. The highest BCUT2D eigenvalue weighted by Gasteiger charge is 2.53. The third kappa shape index (κ3) is 3.50. The van der Waals surface area contributed by atoms with Crippen molar-refractivity contribution in [1.82, 2.24) is 4.90 Å². The van der Waals surface area contributed by atoms with Crippen molar-refractivity contribution in [1.29, 1.82) is 0 Å². The first-order valence-electron chi connectivity index (χ1n) is 11.1. The van der Waals surface area contributed by atoms with Gasteiger partial charge in [0.2, 0.25) is 0 Å². The van der Waals surface area contributed by atoms with E-state index in [2.05, 4.69) is 86.3 Å². The highest BCUT2D eigenvalue weighted by Crippen LogP contribution is 2.43. The van der Waals surface area contributed by atoms with Gasteiger partial charge in [-0.1, -0.05) is 81.4 Å². The number of rotatable bonds is 6.